The number of hydrogen-bond acceptors (Lipinski definition) is 5. The normalized spacial score (nSPS) is 13.1. The molecule has 0 aliphatic rings. The third-order valence-electron chi connectivity index (χ3n) is 2.66. The number of hydrogen-bond donors (Lipinski definition) is 1. The van der Waals surface area contributed by atoms with E-state index in [2.05, 4.69) is 10.2 Å². The highest BCUT2D eigenvalue weighted by Gasteiger charge is 2.17. The number of methoxy groups -OCH3 is 1. The Kier molecular flexibility index (Phi) is 9.92. The minimum atomic E-state index is -0.214. The molecule has 0 heterocycles. The largest absolute Gasteiger partial charge is 0.468 e. The monoisotopic (exact) mass is 260 g/mol. The van der Waals surface area contributed by atoms with Crippen LogP contribution < -0.4 is 5.32 Å². The van der Waals surface area contributed by atoms with E-state index in [9.17, 15) is 4.79 Å². The van der Waals surface area contributed by atoms with Crippen molar-refractivity contribution >= 4 is 5.97 Å². The summed E-state index contributed by atoms with van der Waals surface area (Å²) in [5.74, 6) is -0.191. The molecule has 0 rings (SSSR count). The summed E-state index contributed by atoms with van der Waals surface area (Å²) in [5, 5.41) is 3.13. The fourth-order valence-electron chi connectivity index (χ4n) is 1.60. The van der Waals surface area contributed by atoms with Gasteiger partial charge in [-0.05, 0) is 40.4 Å². The standard InChI is InChI=1S/C13H28N2O3/c1-6-14-12(13(16)17-5)7-8-15(4)9-10-18-11(2)3/h11-12,14H,6-10H2,1-5H3. The summed E-state index contributed by atoms with van der Waals surface area (Å²) in [5.41, 5.74) is 0. The van der Waals surface area contributed by atoms with Crippen LogP contribution in [0.4, 0.5) is 0 Å². The van der Waals surface area contributed by atoms with Gasteiger partial charge in [0.1, 0.15) is 6.04 Å². The van der Waals surface area contributed by atoms with E-state index in [4.69, 9.17) is 9.47 Å². The van der Waals surface area contributed by atoms with Gasteiger partial charge in [-0.15, -0.1) is 0 Å². The van der Waals surface area contributed by atoms with E-state index < -0.39 is 0 Å². The number of carbonyl (C=O) groups excluding carboxylic acids is 1. The van der Waals surface area contributed by atoms with Crippen LogP contribution in [0.2, 0.25) is 0 Å². The molecular formula is C13H28N2O3. The molecule has 0 fully saturated rings. The minimum Gasteiger partial charge on any atom is -0.468 e. The lowest BCUT2D eigenvalue weighted by Gasteiger charge is -2.21. The zero-order chi connectivity index (χ0) is 14.0. The predicted octanol–water partition coefficient (Wildman–Crippen LogP) is 0.884. The number of esters is 1. The van der Waals surface area contributed by atoms with Crippen LogP contribution in [-0.4, -0.2) is 63.4 Å². The summed E-state index contributed by atoms with van der Waals surface area (Å²) in [6, 6.07) is -0.214. The molecule has 0 aromatic carbocycles. The van der Waals surface area contributed by atoms with Gasteiger partial charge < -0.3 is 19.7 Å². The van der Waals surface area contributed by atoms with Crippen molar-refractivity contribution in [3.63, 3.8) is 0 Å². The summed E-state index contributed by atoms with van der Waals surface area (Å²) in [4.78, 5) is 13.7. The Morgan fingerprint density at radius 2 is 2.00 bits per heavy atom. The first kappa shape index (κ1) is 17.4. The molecule has 0 aromatic heterocycles. The molecule has 0 aromatic rings. The summed E-state index contributed by atoms with van der Waals surface area (Å²) in [6.45, 7) is 9.23. The van der Waals surface area contributed by atoms with Crippen LogP contribution in [0.1, 0.15) is 27.2 Å². The topological polar surface area (TPSA) is 50.8 Å². The molecule has 0 aliphatic heterocycles. The van der Waals surface area contributed by atoms with Crippen LogP contribution in [0.15, 0.2) is 0 Å². The molecular weight excluding hydrogens is 232 g/mol. The lowest BCUT2D eigenvalue weighted by Crippen LogP contribution is -2.40. The highest BCUT2D eigenvalue weighted by atomic mass is 16.5. The fraction of sp³-hybridized carbons (Fsp3) is 0.923. The smallest absolute Gasteiger partial charge is 0.322 e. The van der Waals surface area contributed by atoms with Gasteiger partial charge in [0.05, 0.1) is 19.8 Å². The summed E-state index contributed by atoms with van der Waals surface area (Å²) < 4.78 is 10.3. The first-order chi connectivity index (χ1) is 8.51. The van der Waals surface area contributed by atoms with Crippen molar-refractivity contribution in [2.24, 2.45) is 0 Å². The van der Waals surface area contributed by atoms with Gasteiger partial charge in [0.15, 0.2) is 0 Å². The number of ether oxygens (including phenoxy) is 2. The summed E-state index contributed by atoms with van der Waals surface area (Å²) >= 11 is 0. The molecule has 1 N–H and O–H groups in total. The van der Waals surface area contributed by atoms with Crippen LogP contribution >= 0.6 is 0 Å². The maximum atomic E-state index is 11.5. The van der Waals surface area contributed by atoms with Crippen LogP contribution in [-0.2, 0) is 14.3 Å². The van der Waals surface area contributed by atoms with Gasteiger partial charge in [-0.2, -0.15) is 0 Å². The Labute approximate surface area is 111 Å². The predicted molar refractivity (Wildman–Crippen MR) is 72.7 cm³/mol. The lowest BCUT2D eigenvalue weighted by atomic mass is 10.2. The van der Waals surface area contributed by atoms with E-state index in [-0.39, 0.29) is 18.1 Å². The zero-order valence-corrected chi connectivity index (χ0v) is 12.4. The van der Waals surface area contributed by atoms with Gasteiger partial charge >= 0.3 is 5.97 Å². The van der Waals surface area contributed by atoms with Gasteiger partial charge in [-0.3, -0.25) is 4.79 Å². The Hall–Kier alpha value is -0.650. The molecule has 0 bridgehead atoms. The van der Waals surface area contributed by atoms with Gasteiger partial charge in [0.2, 0.25) is 0 Å². The molecule has 18 heavy (non-hydrogen) atoms. The van der Waals surface area contributed by atoms with E-state index in [1.54, 1.807) is 0 Å². The highest BCUT2D eigenvalue weighted by molar-refractivity contribution is 5.75. The van der Waals surface area contributed by atoms with Crippen LogP contribution in [0.25, 0.3) is 0 Å². The van der Waals surface area contributed by atoms with Crippen molar-refractivity contribution in [3.8, 4) is 0 Å². The summed E-state index contributed by atoms with van der Waals surface area (Å²) in [7, 11) is 3.46. The maximum absolute atomic E-state index is 11.5. The number of nitrogens with one attached hydrogen (secondary N) is 1. The van der Waals surface area contributed by atoms with Crippen molar-refractivity contribution in [1.29, 1.82) is 0 Å². The SMILES string of the molecule is CCNC(CCN(C)CCOC(C)C)C(=O)OC. The molecule has 0 aliphatic carbocycles. The second kappa shape index (κ2) is 10.3. The molecule has 5 nitrogen and oxygen atoms in total. The van der Waals surface area contributed by atoms with Crippen molar-refractivity contribution in [1.82, 2.24) is 10.2 Å². The minimum absolute atomic E-state index is 0.191. The van der Waals surface area contributed by atoms with Crippen molar-refractivity contribution in [2.45, 2.75) is 39.3 Å². The number of nitrogens with zero attached hydrogens (tertiary/aromatic N) is 1. The first-order valence-corrected chi connectivity index (χ1v) is 6.62. The average molecular weight is 260 g/mol. The zero-order valence-electron chi connectivity index (χ0n) is 12.4. The molecule has 1 unspecified atom stereocenters. The molecule has 5 heteroatoms. The lowest BCUT2D eigenvalue weighted by molar-refractivity contribution is -0.143. The highest BCUT2D eigenvalue weighted by Crippen LogP contribution is 1.98. The molecule has 0 saturated heterocycles. The molecule has 0 spiro atoms. The number of carbonyl (C=O) groups is 1. The third kappa shape index (κ3) is 8.44. The van der Waals surface area contributed by atoms with E-state index in [1.165, 1.54) is 7.11 Å². The second-order valence-electron chi connectivity index (χ2n) is 4.64. The molecule has 0 amide bonds. The van der Waals surface area contributed by atoms with Crippen molar-refractivity contribution in [2.75, 3.05) is 40.4 Å². The van der Waals surface area contributed by atoms with Gasteiger partial charge in [-0.1, -0.05) is 6.92 Å². The van der Waals surface area contributed by atoms with Crippen molar-refractivity contribution < 1.29 is 14.3 Å². The van der Waals surface area contributed by atoms with Crippen LogP contribution in [0.5, 0.6) is 0 Å². The Bertz CT molecular complexity index is 222. The number of likely N-dealkylation sites (N-methyl/N-ethyl adjacent to an activating group) is 2. The fourth-order valence-corrected chi connectivity index (χ4v) is 1.60. The maximum Gasteiger partial charge on any atom is 0.322 e. The van der Waals surface area contributed by atoms with Crippen LogP contribution in [0, 0.1) is 0 Å². The molecule has 1 atom stereocenters. The average Bonchev–Trinajstić information content (AvgIpc) is 2.33. The second-order valence-corrected chi connectivity index (χ2v) is 4.64. The van der Waals surface area contributed by atoms with E-state index >= 15 is 0 Å². The van der Waals surface area contributed by atoms with Gasteiger partial charge in [0.25, 0.3) is 0 Å². The van der Waals surface area contributed by atoms with E-state index in [1.807, 2.05) is 27.8 Å². The van der Waals surface area contributed by atoms with E-state index in [0.717, 1.165) is 32.7 Å². The quantitative estimate of drug-likeness (QED) is 0.591. The van der Waals surface area contributed by atoms with Gasteiger partial charge in [-0.25, -0.2) is 0 Å². The summed E-state index contributed by atoms with van der Waals surface area (Å²) in [6.07, 6.45) is 1.02. The Balaban J connectivity index is 3.84. The Morgan fingerprint density at radius 3 is 2.50 bits per heavy atom. The Morgan fingerprint density at radius 1 is 1.33 bits per heavy atom. The third-order valence-corrected chi connectivity index (χ3v) is 2.66. The molecule has 0 saturated carbocycles. The first-order valence-electron chi connectivity index (χ1n) is 6.62. The van der Waals surface area contributed by atoms with E-state index in [0.29, 0.717) is 0 Å². The van der Waals surface area contributed by atoms with Crippen LogP contribution in [0.3, 0.4) is 0 Å². The van der Waals surface area contributed by atoms with Gasteiger partial charge in [0, 0.05) is 6.54 Å². The van der Waals surface area contributed by atoms with Crippen molar-refractivity contribution in [3.05, 3.63) is 0 Å². The molecule has 0 radical (unpaired) electrons. The number of rotatable bonds is 10. The molecule has 108 valence electrons.